The summed E-state index contributed by atoms with van der Waals surface area (Å²) in [7, 11) is 0. The molecule has 8 heteroatoms. The van der Waals surface area contributed by atoms with Crippen LogP contribution in [0.4, 0.5) is 5.69 Å². The number of carbonyl (C=O) groups excluding carboxylic acids is 2. The van der Waals surface area contributed by atoms with E-state index in [4.69, 9.17) is 9.15 Å². The Morgan fingerprint density at radius 2 is 1.56 bits per heavy atom. The molecule has 8 nitrogen and oxygen atoms in total. The molecule has 4 rings (SSSR count). The van der Waals surface area contributed by atoms with Gasteiger partial charge in [-0.3, -0.25) is 9.59 Å². The van der Waals surface area contributed by atoms with Crippen LogP contribution in [0, 0.1) is 0 Å². The van der Waals surface area contributed by atoms with E-state index in [1.807, 2.05) is 24.3 Å². The van der Waals surface area contributed by atoms with Crippen molar-refractivity contribution >= 4 is 17.6 Å². The zero-order valence-corrected chi connectivity index (χ0v) is 16.9. The first-order chi connectivity index (χ1) is 15.6. The van der Waals surface area contributed by atoms with Gasteiger partial charge in [0.2, 0.25) is 5.89 Å². The van der Waals surface area contributed by atoms with Crippen molar-refractivity contribution in [1.29, 1.82) is 0 Å². The number of benzene rings is 3. The number of aromatic nitrogens is 2. The van der Waals surface area contributed by atoms with E-state index in [-0.39, 0.29) is 24.9 Å². The van der Waals surface area contributed by atoms with Crippen LogP contribution >= 0.6 is 0 Å². The summed E-state index contributed by atoms with van der Waals surface area (Å²) >= 11 is 0. The Morgan fingerprint density at radius 1 is 0.906 bits per heavy atom. The maximum atomic E-state index is 12.3. The summed E-state index contributed by atoms with van der Waals surface area (Å²) < 4.78 is 11.2. The van der Waals surface area contributed by atoms with Gasteiger partial charge in [-0.1, -0.05) is 48.5 Å². The molecule has 0 atom stereocenters. The van der Waals surface area contributed by atoms with Crippen molar-refractivity contribution < 1.29 is 18.7 Å². The van der Waals surface area contributed by atoms with Gasteiger partial charge < -0.3 is 14.5 Å². The smallest absolute Gasteiger partial charge is 0.437 e. The first-order valence-corrected chi connectivity index (χ1v) is 9.83. The molecule has 1 aromatic heterocycles. The van der Waals surface area contributed by atoms with Crippen LogP contribution in [0.15, 0.2) is 94.1 Å². The molecule has 0 radical (unpaired) electrons. The summed E-state index contributed by atoms with van der Waals surface area (Å²) in [4.78, 5) is 36.4. The van der Waals surface area contributed by atoms with Crippen LogP contribution in [0.5, 0.6) is 0 Å². The van der Waals surface area contributed by atoms with Crippen LogP contribution in [0.3, 0.4) is 0 Å². The molecule has 0 unspecified atom stereocenters. The maximum absolute atomic E-state index is 12.3. The Morgan fingerprint density at radius 3 is 2.25 bits per heavy atom. The van der Waals surface area contributed by atoms with E-state index < -0.39 is 11.7 Å². The van der Waals surface area contributed by atoms with Crippen LogP contribution < -0.4 is 11.1 Å². The van der Waals surface area contributed by atoms with Gasteiger partial charge in [-0.15, -0.1) is 5.10 Å². The van der Waals surface area contributed by atoms with Crippen LogP contribution in [0.2, 0.25) is 0 Å². The summed E-state index contributed by atoms with van der Waals surface area (Å²) in [6, 6.07) is 24.7. The largest absolute Gasteiger partial charge is 0.459 e. The first kappa shape index (κ1) is 20.8. The molecule has 1 amide bonds. The van der Waals surface area contributed by atoms with Crippen molar-refractivity contribution in [2.24, 2.45) is 0 Å². The molecule has 0 spiro atoms. The third-order valence-corrected chi connectivity index (χ3v) is 4.55. The highest BCUT2D eigenvalue weighted by molar-refractivity contribution is 6.04. The van der Waals surface area contributed by atoms with Gasteiger partial charge >= 0.3 is 11.7 Å². The van der Waals surface area contributed by atoms with Gasteiger partial charge in [-0.05, 0) is 42.0 Å². The van der Waals surface area contributed by atoms with Crippen molar-refractivity contribution in [2.75, 3.05) is 5.32 Å². The summed E-state index contributed by atoms with van der Waals surface area (Å²) in [5.74, 6) is -1.48. The number of nitrogens with one attached hydrogen (secondary N) is 1. The van der Waals surface area contributed by atoms with Gasteiger partial charge in [0, 0.05) is 16.8 Å². The molecule has 0 saturated carbocycles. The van der Waals surface area contributed by atoms with Gasteiger partial charge in [0.1, 0.15) is 13.2 Å². The topological polar surface area (TPSA) is 103 Å². The summed E-state index contributed by atoms with van der Waals surface area (Å²) in [5.41, 5.74) is 2.51. The number of rotatable bonds is 7. The normalized spacial score (nSPS) is 10.5. The van der Waals surface area contributed by atoms with Crippen LogP contribution in [-0.4, -0.2) is 21.7 Å². The van der Waals surface area contributed by atoms with E-state index >= 15 is 0 Å². The highest BCUT2D eigenvalue weighted by Crippen LogP contribution is 2.14. The third kappa shape index (κ3) is 5.17. The molecule has 0 aliphatic heterocycles. The molecule has 1 heterocycles. The summed E-state index contributed by atoms with van der Waals surface area (Å²) in [5, 5.41) is 6.83. The molecule has 160 valence electrons. The molecule has 3 aromatic carbocycles. The monoisotopic (exact) mass is 429 g/mol. The van der Waals surface area contributed by atoms with Gasteiger partial charge in [0.15, 0.2) is 0 Å². The molecule has 0 fully saturated rings. The maximum Gasteiger partial charge on any atom is 0.437 e. The Balaban J connectivity index is 1.31. The predicted octanol–water partition coefficient (Wildman–Crippen LogP) is 3.50. The van der Waals surface area contributed by atoms with Crippen LogP contribution in [0.1, 0.15) is 15.9 Å². The number of hydrogen-bond acceptors (Lipinski definition) is 6. The highest BCUT2D eigenvalue weighted by atomic mass is 16.5. The molecule has 0 aliphatic carbocycles. The second-order valence-electron chi connectivity index (χ2n) is 6.87. The Kier molecular flexibility index (Phi) is 6.22. The number of para-hydroxylation sites is 1. The lowest BCUT2D eigenvalue weighted by Gasteiger charge is -2.07. The van der Waals surface area contributed by atoms with E-state index in [0.29, 0.717) is 22.4 Å². The average Bonchev–Trinajstić information content (AvgIpc) is 3.19. The van der Waals surface area contributed by atoms with Crippen LogP contribution in [-0.2, 0) is 22.7 Å². The Labute approximate surface area is 183 Å². The lowest BCUT2D eigenvalue weighted by Crippen LogP contribution is -2.23. The minimum Gasteiger partial charge on any atom is -0.459 e. The van der Waals surface area contributed by atoms with Crippen molar-refractivity contribution in [3.05, 3.63) is 107 Å². The fraction of sp³-hybridized carbons (Fsp3) is 0.0833. The van der Waals surface area contributed by atoms with Gasteiger partial charge in [0.05, 0.1) is 0 Å². The third-order valence-electron chi connectivity index (χ3n) is 4.55. The van der Waals surface area contributed by atoms with Crippen molar-refractivity contribution in [2.45, 2.75) is 13.2 Å². The minimum atomic E-state index is -0.741. The number of nitrogens with zero attached hydrogens (tertiary/aromatic N) is 2. The van der Waals surface area contributed by atoms with E-state index in [2.05, 4.69) is 10.4 Å². The molecular weight excluding hydrogens is 410 g/mol. The lowest BCUT2D eigenvalue weighted by atomic mass is 10.1. The number of ether oxygens (including phenoxy) is 1. The Bertz CT molecular complexity index is 1260. The quantitative estimate of drug-likeness (QED) is 0.451. The minimum absolute atomic E-state index is 0.00242. The SMILES string of the molecule is O=C(Cn1nc(-c2ccccc2)oc1=O)OCc1ccc(C(=O)Nc2ccccc2)cc1. The van der Waals surface area contributed by atoms with Gasteiger partial charge in [-0.25, -0.2) is 4.79 Å². The molecular formula is C24H19N3O5. The van der Waals surface area contributed by atoms with E-state index in [1.165, 1.54) is 0 Å². The molecule has 4 aromatic rings. The first-order valence-electron chi connectivity index (χ1n) is 9.83. The highest BCUT2D eigenvalue weighted by Gasteiger charge is 2.14. The average molecular weight is 429 g/mol. The molecule has 0 bridgehead atoms. The van der Waals surface area contributed by atoms with Crippen molar-refractivity contribution in [1.82, 2.24) is 9.78 Å². The zero-order chi connectivity index (χ0) is 22.3. The molecule has 32 heavy (non-hydrogen) atoms. The zero-order valence-electron chi connectivity index (χ0n) is 16.9. The molecule has 0 aliphatic rings. The van der Waals surface area contributed by atoms with E-state index in [0.717, 1.165) is 4.68 Å². The molecule has 0 saturated heterocycles. The fourth-order valence-electron chi connectivity index (χ4n) is 2.91. The van der Waals surface area contributed by atoms with Crippen LogP contribution in [0.25, 0.3) is 11.5 Å². The second kappa shape index (κ2) is 9.57. The Hall–Kier alpha value is -4.46. The number of hydrogen-bond donors (Lipinski definition) is 1. The van der Waals surface area contributed by atoms with Crippen molar-refractivity contribution in [3.63, 3.8) is 0 Å². The number of esters is 1. The van der Waals surface area contributed by atoms with E-state index in [1.54, 1.807) is 60.7 Å². The van der Waals surface area contributed by atoms with E-state index in [9.17, 15) is 14.4 Å². The standard InChI is InChI=1S/C24H19N3O5/c28-21(15-27-24(30)32-23(26-27)19-7-3-1-4-8-19)31-16-17-11-13-18(14-12-17)22(29)25-20-9-5-2-6-10-20/h1-14H,15-16H2,(H,25,29). The summed E-state index contributed by atoms with van der Waals surface area (Å²) in [6.07, 6.45) is 0. The predicted molar refractivity (Wildman–Crippen MR) is 117 cm³/mol. The second-order valence-corrected chi connectivity index (χ2v) is 6.87. The lowest BCUT2D eigenvalue weighted by molar-refractivity contribution is -0.146. The van der Waals surface area contributed by atoms with Gasteiger partial charge in [-0.2, -0.15) is 4.68 Å². The summed E-state index contributed by atoms with van der Waals surface area (Å²) in [6.45, 7) is -0.371. The van der Waals surface area contributed by atoms with Gasteiger partial charge in [0.25, 0.3) is 5.91 Å². The fourth-order valence-corrected chi connectivity index (χ4v) is 2.91. The van der Waals surface area contributed by atoms with Crippen molar-refractivity contribution in [3.8, 4) is 11.5 Å². The number of carbonyl (C=O) groups is 2. The molecule has 1 N–H and O–H groups in total. The number of amides is 1. The number of anilines is 1.